The maximum atomic E-state index is 13.5. The lowest BCUT2D eigenvalue weighted by Crippen LogP contribution is -2.32. The summed E-state index contributed by atoms with van der Waals surface area (Å²) in [5.41, 5.74) is 3.04. The van der Waals surface area contributed by atoms with Crippen LogP contribution in [0.15, 0.2) is 93.3 Å². The maximum Gasteiger partial charge on any atom is 0.329 e. The number of carbonyl (C=O) groups is 2. The molecule has 41 heavy (non-hydrogen) atoms. The molecule has 4 rings (SSSR count). The highest BCUT2D eigenvalue weighted by molar-refractivity contribution is 7.89. The van der Waals surface area contributed by atoms with Crippen LogP contribution in [-0.2, 0) is 32.7 Å². The molecule has 14 heteroatoms. The third-order valence-electron chi connectivity index (χ3n) is 5.46. The first-order chi connectivity index (χ1) is 19.5. The monoisotopic (exact) mass is 652 g/mol. The molecule has 0 unspecified atom stereocenters. The molecule has 2 amide bonds. The number of nitrogens with one attached hydrogen (secondary N) is 2. The van der Waals surface area contributed by atoms with Crippen molar-refractivity contribution >= 4 is 80.1 Å². The van der Waals surface area contributed by atoms with Gasteiger partial charge in [-0.15, -0.1) is 0 Å². The Kier molecular flexibility index (Phi) is 10.1. The summed E-state index contributed by atoms with van der Waals surface area (Å²) >= 11 is 24.0. The predicted molar refractivity (Wildman–Crippen MR) is 159 cm³/mol. The Morgan fingerprint density at radius 3 is 2.29 bits per heavy atom. The summed E-state index contributed by atoms with van der Waals surface area (Å²) in [5, 5.41) is 7.54. The Labute approximate surface area is 255 Å². The fourth-order valence-corrected chi connectivity index (χ4v) is 5.54. The zero-order valence-electron chi connectivity index (χ0n) is 20.9. The molecule has 1 aromatic heterocycles. The van der Waals surface area contributed by atoms with E-state index in [1.165, 1.54) is 46.9 Å². The topological polar surface area (TPSA) is 121 Å². The first kappa shape index (κ1) is 30.6. The highest BCUT2D eigenvalue weighted by Crippen LogP contribution is 2.27. The number of sulfonamides is 1. The lowest BCUT2D eigenvalue weighted by molar-refractivity contribution is -0.136. The predicted octanol–water partition coefficient (Wildman–Crippen LogP) is 6.37. The van der Waals surface area contributed by atoms with Crippen molar-refractivity contribution in [2.45, 2.75) is 18.0 Å². The highest BCUT2D eigenvalue weighted by atomic mass is 35.5. The minimum Gasteiger partial charge on any atom is -0.459 e. The molecule has 0 atom stereocenters. The third-order valence-corrected chi connectivity index (χ3v) is 8.49. The van der Waals surface area contributed by atoms with Crippen LogP contribution in [0.2, 0.25) is 20.1 Å². The summed E-state index contributed by atoms with van der Waals surface area (Å²) in [6, 6.07) is 20.0. The van der Waals surface area contributed by atoms with E-state index in [9.17, 15) is 18.0 Å². The summed E-state index contributed by atoms with van der Waals surface area (Å²) in [6.45, 7) is -0.183. The van der Waals surface area contributed by atoms with Crippen LogP contribution in [-0.4, -0.2) is 30.8 Å². The fraction of sp³-hybridized carbons (Fsp3) is 0.0741. The van der Waals surface area contributed by atoms with Crippen LogP contribution in [0.4, 0.5) is 5.69 Å². The van der Waals surface area contributed by atoms with Crippen LogP contribution in [0.5, 0.6) is 0 Å². The Hall–Kier alpha value is -3.38. The van der Waals surface area contributed by atoms with E-state index < -0.39 is 21.8 Å². The van der Waals surface area contributed by atoms with Crippen LogP contribution in [0, 0.1) is 0 Å². The van der Waals surface area contributed by atoms with Crippen molar-refractivity contribution in [3.63, 3.8) is 0 Å². The van der Waals surface area contributed by atoms with Gasteiger partial charge in [-0.3, -0.25) is 9.59 Å². The van der Waals surface area contributed by atoms with Crippen LogP contribution in [0.1, 0.15) is 17.1 Å². The SMILES string of the molecule is O=C(N/N=C/c1ccc(CN(Cc2ccc(Cl)c(Cl)c2)S(=O)(=O)c2ccc(Cl)cc2)o1)C(=O)Nc1cccc(Cl)c1. The molecule has 1 heterocycles. The Morgan fingerprint density at radius 1 is 0.829 bits per heavy atom. The van der Waals surface area contributed by atoms with Gasteiger partial charge in [0.25, 0.3) is 0 Å². The fourth-order valence-electron chi connectivity index (χ4n) is 3.51. The first-order valence-corrected chi connectivity index (χ1v) is 14.6. The van der Waals surface area contributed by atoms with Gasteiger partial charge in [0.15, 0.2) is 0 Å². The van der Waals surface area contributed by atoms with E-state index in [1.54, 1.807) is 42.5 Å². The average Bonchev–Trinajstić information content (AvgIpc) is 3.37. The number of halogens is 4. The molecule has 212 valence electrons. The summed E-state index contributed by atoms with van der Waals surface area (Å²) in [7, 11) is -4.00. The largest absolute Gasteiger partial charge is 0.459 e. The summed E-state index contributed by atoms with van der Waals surface area (Å²) in [6.07, 6.45) is 1.17. The maximum absolute atomic E-state index is 13.5. The number of amides is 2. The number of nitrogens with zero attached hydrogens (tertiary/aromatic N) is 2. The van der Waals surface area contributed by atoms with Gasteiger partial charge in [0.2, 0.25) is 10.0 Å². The van der Waals surface area contributed by atoms with Gasteiger partial charge in [-0.2, -0.15) is 9.41 Å². The zero-order valence-corrected chi connectivity index (χ0v) is 24.7. The van der Waals surface area contributed by atoms with Gasteiger partial charge in [-0.05, 0) is 72.3 Å². The van der Waals surface area contributed by atoms with Gasteiger partial charge in [0.1, 0.15) is 11.5 Å². The van der Waals surface area contributed by atoms with E-state index in [2.05, 4.69) is 15.8 Å². The number of anilines is 1. The Bertz CT molecular complexity index is 1710. The lowest BCUT2D eigenvalue weighted by atomic mass is 10.2. The van der Waals surface area contributed by atoms with E-state index >= 15 is 0 Å². The van der Waals surface area contributed by atoms with Gasteiger partial charge in [0.05, 0.1) is 27.7 Å². The molecular formula is C27H20Cl4N4O5S. The summed E-state index contributed by atoms with van der Waals surface area (Å²) < 4.78 is 34.0. The lowest BCUT2D eigenvalue weighted by Gasteiger charge is -2.22. The van der Waals surface area contributed by atoms with Crippen LogP contribution < -0.4 is 10.7 Å². The number of hydrogen-bond donors (Lipinski definition) is 2. The molecule has 0 radical (unpaired) electrons. The molecule has 0 bridgehead atoms. The first-order valence-electron chi connectivity index (χ1n) is 11.7. The third kappa shape index (κ3) is 8.32. The quantitative estimate of drug-likeness (QED) is 0.123. The van der Waals surface area contributed by atoms with Gasteiger partial charge >= 0.3 is 11.8 Å². The summed E-state index contributed by atoms with van der Waals surface area (Å²) in [4.78, 5) is 24.2. The van der Waals surface area contributed by atoms with E-state index in [4.69, 9.17) is 50.8 Å². The van der Waals surface area contributed by atoms with Crippen LogP contribution in [0.3, 0.4) is 0 Å². The number of hydrogen-bond acceptors (Lipinski definition) is 6. The normalized spacial score (nSPS) is 11.6. The smallest absolute Gasteiger partial charge is 0.329 e. The van der Waals surface area contributed by atoms with Crippen LogP contribution >= 0.6 is 46.4 Å². The second-order valence-electron chi connectivity index (χ2n) is 8.44. The molecule has 3 aromatic carbocycles. The van der Waals surface area contributed by atoms with Crippen molar-refractivity contribution in [2.75, 3.05) is 5.32 Å². The van der Waals surface area contributed by atoms with Crippen molar-refractivity contribution in [1.82, 2.24) is 9.73 Å². The van der Waals surface area contributed by atoms with Crippen molar-refractivity contribution in [2.24, 2.45) is 5.10 Å². The molecule has 0 aliphatic rings. The Morgan fingerprint density at radius 2 is 1.59 bits per heavy atom. The molecule has 0 saturated heterocycles. The second kappa shape index (κ2) is 13.5. The number of rotatable bonds is 9. The number of hydrazone groups is 1. The minimum absolute atomic E-state index is 0.0362. The van der Waals surface area contributed by atoms with Gasteiger partial charge in [-0.1, -0.05) is 58.5 Å². The van der Waals surface area contributed by atoms with Crippen molar-refractivity contribution in [3.05, 3.63) is 116 Å². The molecular weight excluding hydrogens is 634 g/mol. The number of benzene rings is 3. The number of carbonyl (C=O) groups excluding carboxylic acids is 2. The zero-order chi connectivity index (χ0) is 29.6. The van der Waals surface area contributed by atoms with Crippen LogP contribution in [0.25, 0.3) is 0 Å². The van der Waals surface area contributed by atoms with Gasteiger partial charge in [0, 0.05) is 22.3 Å². The van der Waals surface area contributed by atoms with Crippen molar-refractivity contribution in [1.29, 1.82) is 0 Å². The molecule has 4 aromatic rings. The van der Waals surface area contributed by atoms with Gasteiger partial charge < -0.3 is 9.73 Å². The minimum atomic E-state index is -4.00. The molecule has 0 saturated carbocycles. The van der Waals surface area contributed by atoms with E-state index in [0.717, 1.165) is 0 Å². The molecule has 2 N–H and O–H groups in total. The standard InChI is InChI=1S/C27H20Cl4N4O5S/c28-18-5-9-23(10-6-18)41(38,39)35(15-17-4-11-24(30)25(31)12-17)16-22-8-7-21(40-22)14-32-34-27(37)26(36)33-20-3-1-2-19(29)13-20/h1-14H,15-16H2,(H,33,36)(H,34,37)/b32-14+. The second-order valence-corrected chi connectivity index (χ2v) is 12.1. The molecule has 0 aliphatic carbocycles. The molecule has 0 aliphatic heterocycles. The average molecular weight is 654 g/mol. The molecule has 0 spiro atoms. The van der Waals surface area contributed by atoms with Gasteiger partial charge in [-0.25, -0.2) is 13.8 Å². The highest BCUT2D eigenvalue weighted by Gasteiger charge is 2.26. The van der Waals surface area contributed by atoms with E-state index in [-0.39, 0.29) is 34.5 Å². The number of furan rings is 1. The van der Waals surface area contributed by atoms with Crippen molar-refractivity contribution < 1.29 is 22.4 Å². The molecule has 0 fully saturated rings. The summed E-state index contributed by atoms with van der Waals surface area (Å²) in [5.74, 6) is -1.48. The molecule has 9 nitrogen and oxygen atoms in total. The van der Waals surface area contributed by atoms with E-state index in [1.807, 2.05) is 0 Å². The van der Waals surface area contributed by atoms with Crippen molar-refractivity contribution in [3.8, 4) is 0 Å². The van der Waals surface area contributed by atoms with E-state index in [0.29, 0.717) is 26.3 Å². The Balaban J connectivity index is 1.46.